The van der Waals surface area contributed by atoms with E-state index >= 15 is 0 Å². The van der Waals surface area contributed by atoms with Gasteiger partial charge in [-0.1, -0.05) is 6.07 Å². The van der Waals surface area contributed by atoms with E-state index < -0.39 is 0 Å². The summed E-state index contributed by atoms with van der Waals surface area (Å²) in [6, 6.07) is 5.81. The fourth-order valence-corrected chi connectivity index (χ4v) is 2.55. The lowest BCUT2D eigenvalue weighted by atomic mass is 9.99. The first-order valence-corrected chi connectivity index (χ1v) is 6.85. The van der Waals surface area contributed by atoms with Crippen LogP contribution in [0.5, 0.6) is 0 Å². The number of hydrogen-bond donors (Lipinski definition) is 1. The summed E-state index contributed by atoms with van der Waals surface area (Å²) in [6.07, 6.45) is 10.2. The number of nitrogens with zero attached hydrogens (tertiary/aromatic N) is 1. The lowest BCUT2D eigenvalue weighted by Crippen LogP contribution is -2.35. The van der Waals surface area contributed by atoms with Crippen molar-refractivity contribution in [1.82, 2.24) is 0 Å². The van der Waals surface area contributed by atoms with Crippen LogP contribution >= 0.6 is 0 Å². The van der Waals surface area contributed by atoms with Crippen molar-refractivity contribution >= 4 is 17.3 Å². The van der Waals surface area contributed by atoms with Crippen LogP contribution in [0.1, 0.15) is 37.7 Å². The Hall–Kier alpha value is -1.95. The molecule has 100 valence electrons. The molecule has 0 spiro atoms. The maximum absolute atomic E-state index is 12.3. The first-order chi connectivity index (χ1) is 9.24. The molecule has 0 unspecified atom stereocenters. The maximum atomic E-state index is 12.3. The highest BCUT2D eigenvalue weighted by atomic mass is 16.2. The quantitative estimate of drug-likeness (QED) is 0.511. The lowest BCUT2D eigenvalue weighted by molar-refractivity contribution is -0.118. The molecule has 1 heterocycles. The number of carbonyl (C=O) groups excluding carboxylic acids is 1. The third kappa shape index (κ3) is 3.08. The Morgan fingerprint density at radius 2 is 2.26 bits per heavy atom. The molecule has 1 aliphatic heterocycles. The van der Waals surface area contributed by atoms with Crippen molar-refractivity contribution in [3.8, 4) is 12.3 Å². The van der Waals surface area contributed by atoms with Gasteiger partial charge in [0.1, 0.15) is 0 Å². The molecular weight excluding hydrogens is 236 g/mol. The molecule has 2 rings (SSSR count). The zero-order valence-corrected chi connectivity index (χ0v) is 11.2. The first-order valence-electron chi connectivity index (χ1n) is 6.85. The molecule has 0 aromatic heterocycles. The van der Waals surface area contributed by atoms with Gasteiger partial charge in [0.25, 0.3) is 0 Å². The number of rotatable bonds is 4. The van der Waals surface area contributed by atoms with Gasteiger partial charge in [-0.15, -0.1) is 12.3 Å². The summed E-state index contributed by atoms with van der Waals surface area (Å²) in [5, 5.41) is 0. The molecule has 0 saturated heterocycles. The van der Waals surface area contributed by atoms with E-state index in [-0.39, 0.29) is 5.91 Å². The minimum atomic E-state index is 0.184. The van der Waals surface area contributed by atoms with Gasteiger partial charge in [0.2, 0.25) is 5.91 Å². The predicted octanol–water partition coefficient (Wildman–Crippen LogP) is 2.74. The van der Waals surface area contributed by atoms with Crippen molar-refractivity contribution in [2.75, 3.05) is 17.2 Å². The number of fused-ring (bicyclic) bond motifs is 1. The highest BCUT2D eigenvalue weighted by molar-refractivity contribution is 5.95. The van der Waals surface area contributed by atoms with Crippen molar-refractivity contribution in [3.63, 3.8) is 0 Å². The fourth-order valence-electron chi connectivity index (χ4n) is 2.55. The van der Waals surface area contributed by atoms with Crippen LogP contribution in [0, 0.1) is 12.3 Å². The molecule has 2 N–H and O–H groups in total. The van der Waals surface area contributed by atoms with Crippen LogP contribution in [0.3, 0.4) is 0 Å². The van der Waals surface area contributed by atoms with Crippen molar-refractivity contribution < 1.29 is 4.79 Å². The van der Waals surface area contributed by atoms with Crippen LogP contribution in [0.15, 0.2) is 18.2 Å². The summed E-state index contributed by atoms with van der Waals surface area (Å²) in [5.41, 5.74) is 8.89. The van der Waals surface area contributed by atoms with E-state index in [1.54, 1.807) is 0 Å². The van der Waals surface area contributed by atoms with Gasteiger partial charge in [-0.2, -0.15) is 0 Å². The summed E-state index contributed by atoms with van der Waals surface area (Å²) < 4.78 is 0. The number of nitrogens with two attached hydrogens (primary N) is 1. The van der Waals surface area contributed by atoms with Gasteiger partial charge < -0.3 is 10.6 Å². The summed E-state index contributed by atoms with van der Waals surface area (Å²) in [4.78, 5) is 14.1. The van der Waals surface area contributed by atoms with Crippen LogP contribution in [0.25, 0.3) is 0 Å². The van der Waals surface area contributed by atoms with Gasteiger partial charge in [0.15, 0.2) is 0 Å². The van der Waals surface area contributed by atoms with Crippen molar-refractivity contribution in [2.45, 2.75) is 38.5 Å². The van der Waals surface area contributed by atoms with Gasteiger partial charge >= 0.3 is 0 Å². The van der Waals surface area contributed by atoms with E-state index in [0.717, 1.165) is 55.6 Å². The molecular formula is C16H20N2O. The summed E-state index contributed by atoms with van der Waals surface area (Å²) in [6.45, 7) is 0.796. The highest BCUT2D eigenvalue weighted by Crippen LogP contribution is 2.31. The number of hydrogen-bond acceptors (Lipinski definition) is 2. The van der Waals surface area contributed by atoms with E-state index in [9.17, 15) is 4.79 Å². The Kier molecular flexibility index (Phi) is 4.46. The highest BCUT2D eigenvalue weighted by Gasteiger charge is 2.22. The molecule has 3 heteroatoms. The Bertz CT molecular complexity index is 502. The fraction of sp³-hybridized carbons (Fsp3) is 0.438. The monoisotopic (exact) mass is 256 g/mol. The minimum Gasteiger partial charge on any atom is -0.398 e. The Labute approximate surface area is 114 Å². The molecule has 0 bridgehead atoms. The van der Waals surface area contributed by atoms with Crippen molar-refractivity contribution in [3.05, 3.63) is 23.8 Å². The smallest absolute Gasteiger partial charge is 0.226 e. The predicted molar refractivity (Wildman–Crippen MR) is 78.8 cm³/mol. The van der Waals surface area contributed by atoms with E-state index in [1.165, 1.54) is 0 Å². The average molecular weight is 256 g/mol. The second-order valence-corrected chi connectivity index (χ2v) is 4.91. The molecule has 1 aliphatic rings. The van der Waals surface area contributed by atoms with Crippen LogP contribution in [-0.2, 0) is 11.2 Å². The largest absolute Gasteiger partial charge is 0.398 e. The number of nitrogen functional groups attached to an aromatic ring is 1. The number of benzene rings is 1. The summed E-state index contributed by atoms with van der Waals surface area (Å²) in [5.74, 6) is 2.79. The lowest BCUT2D eigenvalue weighted by Gasteiger charge is -2.30. The number of anilines is 2. The average Bonchev–Trinajstić information content (AvgIpc) is 2.43. The van der Waals surface area contributed by atoms with E-state index in [0.29, 0.717) is 6.42 Å². The standard InChI is InChI=1S/C16H20N2O/c1-2-3-4-5-11-16(19)18-12-7-8-13-14(17)9-6-10-15(13)18/h1,6,9-10H,3-5,7-8,11-12,17H2. The summed E-state index contributed by atoms with van der Waals surface area (Å²) >= 11 is 0. The molecule has 3 nitrogen and oxygen atoms in total. The summed E-state index contributed by atoms with van der Waals surface area (Å²) in [7, 11) is 0. The normalized spacial score (nSPS) is 13.7. The van der Waals surface area contributed by atoms with Crippen LogP contribution < -0.4 is 10.6 Å². The Morgan fingerprint density at radius 3 is 3.05 bits per heavy atom. The number of amides is 1. The molecule has 1 amide bonds. The van der Waals surface area contributed by atoms with Crippen molar-refractivity contribution in [2.24, 2.45) is 0 Å². The maximum Gasteiger partial charge on any atom is 0.226 e. The molecule has 0 atom stereocenters. The molecule has 0 saturated carbocycles. The topological polar surface area (TPSA) is 46.3 Å². The van der Waals surface area contributed by atoms with Gasteiger partial charge in [0, 0.05) is 30.8 Å². The Morgan fingerprint density at radius 1 is 1.42 bits per heavy atom. The molecule has 1 aromatic rings. The van der Waals surface area contributed by atoms with E-state index in [1.807, 2.05) is 23.1 Å². The van der Waals surface area contributed by atoms with Crippen LogP contribution in [-0.4, -0.2) is 12.5 Å². The number of terminal acetylenes is 1. The van der Waals surface area contributed by atoms with E-state index in [2.05, 4.69) is 5.92 Å². The zero-order chi connectivity index (χ0) is 13.7. The molecule has 0 radical (unpaired) electrons. The van der Waals surface area contributed by atoms with E-state index in [4.69, 9.17) is 12.2 Å². The zero-order valence-electron chi connectivity index (χ0n) is 11.2. The third-order valence-electron chi connectivity index (χ3n) is 3.55. The minimum absolute atomic E-state index is 0.184. The van der Waals surface area contributed by atoms with Gasteiger partial charge in [-0.25, -0.2) is 0 Å². The number of unbranched alkanes of at least 4 members (excludes halogenated alkanes) is 2. The van der Waals surface area contributed by atoms with Crippen LogP contribution in [0.2, 0.25) is 0 Å². The van der Waals surface area contributed by atoms with Gasteiger partial charge in [-0.3, -0.25) is 4.79 Å². The van der Waals surface area contributed by atoms with Crippen LogP contribution in [0.4, 0.5) is 11.4 Å². The molecule has 0 aliphatic carbocycles. The second-order valence-electron chi connectivity index (χ2n) is 4.91. The third-order valence-corrected chi connectivity index (χ3v) is 3.55. The Balaban J connectivity index is 2.05. The first kappa shape index (κ1) is 13.5. The molecule has 1 aromatic carbocycles. The molecule has 19 heavy (non-hydrogen) atoms. The second kappa shape index (κ2) is 6.29. The van der Waals surface area contributed by atoms with Gasteiger partial charge in [0.05, 0.1) is 0 Å². The van der Waals surface area contributed by atoms with Crippen molar-refractivity contribution in [1.29, 1.82) is 0 Å². The SMILES string of the molecule is C#CCCCCC(=O)N1CCCc2c(N)cccc21. The molecule has 0 fully saturated rings. The van der Waals surface area contributed by atoms with Gasteiger partial charge in [-0.05, 0) is 43.4 Å². The number of carbonyl (C=O) groups is 1.